The Morgan fingerprint density at radius 1 is 1.12 bits per heavy atom. The molecule has 2 unspecified atom stereocenters. The lowest BCUT2D eigenvalue weighted by molar-refractivity contribution is -0.143. The normalized spacial score (nSPS) is 23.3. The SMILES string of the molecule is Cc1ccc(CNC(=O)CN2C(=O)C3CCCCC3C2=O)c(C)c1. The molecule has 2 atom stereocenters. The quantitative estimate of drug-likeness (QED) is 0.861. The number of hydrogen-bond acceptors (Lipinski definition) is 3. The van der Waals surface area contributed by atoms with E-state index in [0.29, 0.717) is 6.54 Å². The fraction of sp³-hybridized carbons (Fsp3) is 0.526. The highest BCUT2D eigenvalue weighted by Crippen LogP contribution is 2.37. The van der Waals surface area contributed by atoms with E-state index in [-0.39, 0.29) is 36.1 Å². The standard InChI is InChI=1S/C19H24N2O3/c1-12-7-8-14(13(2)9-12)10-20-17(22)11-21-18(23)15-5-3-4-6-16(15)19(21)24/h7-9,15-16H,3-6,10-11H2,1-2H3,(H,20,22). The topological polar surface area (TPSA) is 66.5 Å². The minimum absolute atomic E-state index is 0.157. The Labute approximate surface area is 142 Å². The first-order valence-corrected chi connectivity index (χ1v) is 8.65. The highest BCUT2D eigenvalue weighted by atomic mass is 16.2. The van der Waals surface area contributed by atoms with Crippen LogP contribution in [-0.2, 0) is 20.9 Å². The molecule has 1 aliphatic carbocycles. The Kier molecular flexibility index (Phi) is 4.69. The van der Waals surface area contributed by atoms with Crippen LogP contribution in [0.4, 0.5) is 0 Å². The number of carbonyl (C=O) groups is 3. The molecule has 1 saturated heterocycles. The number of nitrogens with one attached hydrogen (secondary N) is 1. The molecule has 3 amide bonds. The minimum atomic E-state index is -0.282. The minimum Gasteiger partial charge on any atom is -0.350 e. The molecule has 1 heterocycles. The smallest absolute Gasteiger partial charge is 0.240 e. The highest BCUT2D eigenvalue weighted by Gasteiger charge is 2.48. The maximum Gasteiger partial charge on any atom is 0.240 e. The van der Waals surface area contributed by atoms with Crippen LogP contribution in [0.25, 0.3) is 0 Å². The van der Waals surface area contributed by atoms with Crippen LogP contribution in [0.5, 0.6) is 0 Å². The fourth-order valence-corrected chi connectivity index (χ4v) is 3.82. The molecule has 0 aromatic heterocycles. The monoisotopic (exact) mass is 328 g/mol. The molecule has 1 aliphatic heterocycles. The number of hydrogen-bond donors (Lipinski definition) is 1. The first-order chi connectivity index (χ1) is 11.5. The van der Waals surface area contributed by atoms with E-state index in [1.165, 1.54) is 5.56 Å². The third-order valence-corrected chi connectivity index (χ3v) is 5.21. The molecular formula is C19H24N2O3. The molecule has 0 radical (unpaired) electrons. The molecule has 0 bridgehead atoms. The molecule has 1 aromatic rings. The molecule has 128 valence electrons. The summed E-state index contributed by atoms with van der Waals surface area (Å²) in [6.07, 6.45) is 3.53. The average molecular weight is 328 g/mol. The molecule has 2 fully saturated rings. The van der Waals surface area contributed by atoms with E-state index in [2.05, 4.69) is 11.4 Å². The molecule has 5 heteroatoms. The van der Waals surface area contributed by atoms with Crippen LogP contribution in [0.3, 0.4) is 0 Å². The van der Waals surface area contributed by atoms with E-state index in [1.54, 1.807) is 0 Å². The van der Waals surface area contributed by atoms with Crippen molar-refractivity contribution in [2.45, 2.75) is 46.1 Å². The molecule has 5 nitrogen and oxygen atoms in total. The van der Waals surface area contributed by atoms with Gasteiger partial charge in [-0.2, -0.15) is 0 Å². The second-order valence-electron chi connectivity index (χ2n) is 6.97. The van der Waals surface area contributed by atoms with Gasteiger partial charge in [0.25, 0.3) is 0 Å². The van der Waals surface area contributed by atoms with Crippen LogP contribution in [0, 0.1) is 25.7 Å². The van der Waals surface area contributed by atoms with E-state index in [4.69, 9.17) is 0 Å². The van der Waals surface area contributed by atoms with Crippen LogP contribution < -0.4 is 5.32 Å². The average Bonchev–Trinajstić information content (AvgIpc) is 2.79. The zero-order valence-corrected chi connectivity index (χ0v) is 14.3. The van der Waals surface area contributed by atoms with Gasteiger partial charge in [0.05, 0.1) is 11.8 Å². The molecular weight excluding hydrogens is 304 g/mol. The van der Waals surface area contributed by atoms with E-state index < -0.39 is 0 Å². The lowest BCUT2D eigenvalue weighted by Gasteiger charge is -2.19. The number of benzene rings is 1. The van der Waals surface area contributed by atoms with Crippen molar-refractivity contribution in [1.29, 1.82) is 0 Å². The van der Waals surface area contributed by atoms with Crippen LogP contribution in [-0.4, -0.2) is 29.2 Å². The largest absolute Gasteiger partial charge is 0.350 e. The number of aryl methyl sites for hydroxylation is 2. The number of amides is 3. The summed E-state index contributed by atoms with van der Waals surface area (Å²) in [7, 11) is 0. The summed E-state index contributed by atoms with van der Waals surface area (Å²) >= 11 is 0. The van der Waals surface area contributed by atoms with Crippen LogP contribution in [0.15, 0.2) is 18.2 Å². The number of fused-ring (bicyclic) bond motifs is 1. The van der Waals surface area contributed by atoms with Crippen LogP contribution in [0.1, 0.15) is 42.4 Å². The number of carbonyl (C=O) groups excluding carboxylic acids is 3. The molecule has 1 saturated carbocycles. The first kappa shape index (κ1) is 16.7. The second kappa shape index (κ2) is 6.75. The van der Waals surface area contributed by atoms with E-state index >= 15 is 0 Å². The molecule has 3 rings (SSSR count). The number of imide groups is 1. The summed E-state index contributed by atoms with van der Waals surface area (Å²) in [5.74, 6) is -0.996. The second-order valence-corrected chi connectivity index (χ2v) is 6.97. The zero-order valence-electron chi connectivity index (χ0n) is 14.3. The number of likely N-dealkylation sites (tertiary alicyclic amines) is 1. The van der Waals surface area contributed by atoms with Crippen molar-refractivity contribution < 1.29 is 14.4 Å². The van der Waals surface area contributed by atoms with Gasteiger partial charge in [0, 0.05) is 6.54 Å². The number of rotatable bonds is 4. The third-order valence-electron chi connectivity index (χ3n) is 5.21. The van der Waals surface area contributed by atoms with Crippen molar-refractivity contribution in [3.63, 3.8) is 0 Å². The van der Waals surface area contributed by atoms with E-state index in [1.807, 2.05) is 26.0 Å². The van der Waals surface area contributed by atoms with Gasteiger partial charge in [-0.3, -0.25) is 19.3 Å². The summed E-state index contributed by atoms with van der Waals surface area (Å²) in [5, 5.41) is 2.82. The van der Waals surface area contributed by atoms with Gasteiger partial charge in [-0.1, -0.05) is 36.6 Å². The summed E-state index contributed by atoms with van der Waals surface area (Å²) in [5.41, 5.74) is 3.34. The van der Waals surface area contributed by atoms with E-state index in [0.717, 1.165) is 41.7 Å². The van der Waals surface area contributed by atoms with Crippen molar-refractivity contribution in [1.82, 2.24) is 10.2 Å². The maximum atomic E-state index is 12.4. The molecule has 0 spiro atoms. The Balaban J connectivity index is 1.58. The van der Waals surface area contributed by atoms with E-state index in [9.17, 15) is 14.4 Å². The van der Waals surface area contributed by atoms with Crippen molar-refractivity contribution in [3.8, 4) is 0 Å². The first-order valence-electron chi connectivity index (χ1n) is 8.65. The van der Waals surface area contributed by atoms with Gasteiger partial charge in [0.2, 0.25) is 17.7 Å². The maximum absolute atomic E-state index is 12.4. The molecule has 2 aliphatic rings. The summed E-state index contributed by atoms with van der Waals surface area (Å²) in [6.45, 7) is 4.29. The Morgan fingerprint density at radius 2 is 1.75 bits per heavy atom. The van der Waals surface area contributed by atoms with Crippen molar-refractivity contribution >= 4 is 17.7 Å². The summed E-state index contributed by atoms with van der Waals surface area (Å²) in [4.78, 5) is 38.1. The van der Waals surface area contributed by atoms with Gasteiger partial charge >= 0.3 is 0 Å². The van der Waals surface area contributed by atoms with Gasteiger partial charge in [-0.15, -0.1) is 0 Å². The number of nitrogens with zero attached hydrogens (tertiary/aromatic N) is 1. The Hall–Kier alpha value is -2.17. The molecule has 1 aromatic carbocycles. The zero-order chi connectivity index (χ0) is 17.3. The lowest BCUT2D eigenvalue weighted by Crippen LogP contribution is -2.40. The van der Waals surface area contributed by atoms with Gasteiger partial charge in [-0.05, 0) is 37.8 Å². The highest BCUT2D eigenvalue weighted by molar-refractivity contribution is 6.07. The molecule has 24 heavy (non-hydrogen) atoms. The van der Waals surface area contributed by atoms with Crippen LogP contribution >= 0.6 is 0 Å². The van der Waals surface area contributed by atoms with Crippen molar-refractivity contribution in [2.24, 2.45) is 11.8 Å². The van der Waals surface area contributed by atoms with Crippen LogP contribution in [0.2, 0.25) is 0 Å². The summed E-state index contributed by atoms with van der Waals surface area (Å²) < 4.78 is 0. The predicted molar refractivity (Wildman–Crippen MR) is 89.9 cm³/mol. The third kappa shape index (κ3) is 3.21. The Bertz CT molecular complexity index is 659. The van der Waals surface area contributed by atoms with Crippen molar-refractivity contribution in [3.05, 3.63) is 34.9 Å². The van der Waals surface area contributed by atoms with Gasteiger partial charge in [0.15, 0.2) is 0 Å². The summed E-state index contributed by atoms with van der Waals surface area (Å²) in [6, 6.07) is 6.07. The predicted octanol–water partition coefficient (Wildman–Crippen LogP) is 2.09. The Morgan fingerprint density at radius 3 is 2.33 bits per heavy atom. The fourth-order valence-electron chi connectivity index (χ4n) is 3.82. The van der Waals surface area contributed by atoms with Crippen molar-refractivity contribution in [2.75, 3.05) is 6.54 Å². The van der Waals surface area contributed by atoms with Gasteiger partial charge < -0.3 is 5.32 Å². The van der Waals surface area contributed by atoms with Gasteiger partial charge in [0.1, 0.15) is 6.54 Å². The molecule has 1 N–H and O–H groups in total. The van der Waals surface area contributed by atoms with Gasteiger partial charge in [-0.25, -0.2) is 0 Å². The lowest BCUT2D eigenvalue weighted by atomic mass is 9.81.